The number of rotatable bonds is 3. The smallest absolute Gasteiger partial charge is 0.344 e. The third-order valence-electron chi connectivity index (χ3n) is 5.17. The monoisotopic (exact) mass is 382 g/mol. The fourth-order valence-electron chi connectivity index (χ4n) is 3.81. The van der Waals surface area contributed by atoms with Crippen molar-refractivity contribution >= 4 is 16.7 Å². The summed E-state index contributed by atoms with van der Waals surface area (Å²) in [4.78, 5) is 12.9. The molecule has 3 aromatic carbocycles. The van der Waals surface area contributed by atoms with Gasteiger partial charge in [-0.15, -0.1) is 0 Å². The largest absolute Gasteiger partial charge is 0.496 e. The average molecular weight is 382 g/mol. The van der Waals surface area contributed by atoms with Crippen LogP contribution < -0.4 is 15.1 Å². The summed E-state index contributed by atoms with van der Waals surface area (Å²) in [6, 6.07) is 25.0. The number of fused-ring (bicyclic) bond motifs is 3. The second kappa shape index (κ2) is 6.99. The molecule has 0 saturated carbocycles. The van der Waals surface area contributed by atoms with Crippen LogP contribution in [0.15, 0.2) is 94.2 Å². The van der Waals surface area contributed by atoms with Crippen LogP contribution in [-0.4, -0.2) is 7.11 Å². The fourth-order valence-corrected chi connectivity index (χ4v) is 3.81. The van der Waals surface area contributed by atoms with Crippen molar-refractivity contribution in [3.8, 4) is 11.5 Å². The van der Waals surface area contributed by atoms with E-state index in [2.05, 4.69) is 0 Å². The lowest BCUT2D eigenvalue weighted by Crippen LogP contribution is -2.19. The summed E-state index contributed by atoms with van der Waals surface area (Å²) in [5.74, 6) is 1.61. The zero-order valence-corrected chi connectivity index (χ0v) is 15.8. The van der Waals surface area contributed by atoms with Gasteiger partial charge in [0.2, 0.25) is 0 Å². The normalized spacial score (nSPS) is 15.3. The summed E-state index contributed by atoms with van der Waals surface area (Å²) < 4.78 is 17.5. The maximum atomic E-state index is 12.9. The number of hydrogen-bond donors (Lipinski definition) is 0. The topological polar surface area (TPSA) is 48.7 Å². The number of ether oxygens (including phenoxy) is 2. The molecule has 4 nitrogen and oxygen atoms in total. The molecular formula is C25H18O4. The molecule has 1 aliphatic rings. The summed E-state index contributed by atoms with van der Waals surface area (Å²) in [5.41, 5.74) is 2.45. The van der Waals surface area contributed by atoms with Gasteiger partial charge in [-0.25, -0.2) is 4.79 Å². The van der Waals surface area contributed by atoms with Crippen LogP contribution in [0.3, 0.4) is 0 Å². The van der Waals surface area contributed by atoms with Gasteiger partial charge in [-0.1, -0.05) is 54.6 Å². The Kier molecular flexibility index (Phi) is 4.17. The van der Waals surface area contributed by atoms with Gasteiger partial charge in [-0.2, -0.15) is 0 Å². The highest BCUT2D eigenvalue weighted by Crippen LogP contribution is 2.44. The Morgan fingerprint density at radius 1 is 0.862 bits per heavy atom. The molecule has 4 heteroatoms. The summed E-state index contributed by atoms with van der Waals surface area (Å²) in [6.45, 7) is 0. The molecule has 1 aromatic heterocycles. The molecule has 0 aliphatic carbocycles. The van der Waals surface area contributed by atoms with E-state index in [1.54, 1.807) is 13.2 Å². The first-order valence-electron chi connectivity index (χ1n) is 9.40. The van der Waals surface area contributed by atoms with E-state index in [1.165, 1.54) is 0 Å². The molecule has 2 heterocycles. The van der Waals surface area contributed by atoms with Crippen LogP contribution in [0.25, 0.3) is 16.7 Å². The Labute approximate surface area is 167 Å². The summed E-state index contributed by atoms with van der Waals surface area (Å²) in [7, 11) is 1.63. The minimum Gasteiger partial charge on any atom is -0.496 e. The molecule has 0 bridgehead atoms. The van der Waals surface area contributed by atoms with Crippen LogP contribution in [0.4, 0.5) is 0 Å². The Balaban J connectivity index is 1.80. The number of allylic oxidation sites excluding steroid dienone is 1. The van der Waals surface area contributed by atoms with Gasteiger partial charge in [-0.05, 0) is 35.9 Å². The Morgan fingerprint density at radius 2 is 1.59 bits per heavy atom. The zero-order valence-electron chi connectivity index (χ0n) is 15.8. The quantitative estimate of drug-likeness (QED) is 0.447. The van der Waals surface area contributed by atoms with E-state index in [1.807, 2.05) is 78.9 Å². The summed E-state index contributed by atoms with van der Waals surface area (Å²) in [6.07, 6.45) is 1.96. The lowest BCUT2D eigenvalue weighted by Gasteiger charge is -2.26. The van der Waals surface area contributed by atoms with E-state index in [-0.39, 0.29) is 11.5 Å². The predicted octanol–water partition coefficient (Wildman–Crippen LogP) is 5.37. The number of benzene rings is 3. The summed E-state index contributed by atoms with van der Waals surface area (Å²) >= 11 is 0. The van der Waals surface area contributed by atoms with E-state index < -0.39 is 0 Å². The van der Waals surface area contributed by atoms with Crippen molar-refractivity contribution < 1.29 is 13.9 Å². The maximum Gasteiger partial charge on any atom is 0.344 e. The Hall–Kier alpha value is -3.79. The van der Waals surface area contributed by atoms with Gasteiger partial charge >= 0.3 is 5.63 Å². The van der Waals surface area contributed by atoms with Gasteiger partial charge in [0.25, 0.3) is 0 Å². The molecular weight excluding hydrogens is 364 g/mol. The molecule has 0 saturated heterocycles. The second-order valence-corrected chi connectivity index (χ2v) is 6.85. The molecule has 1 aliphatic heterocycles. The molecule has 0 amide bonds. The minimum atomic E-state index is -0.386. The van der Waals surface area contributed by atoms with Crippen molar-refractivity contribution in [3.05, 3.63) is 112 Å². The fraction of sp³-hybridized carbons (Fsp3) is 0.0800. The van der Waals surface area contributed by atoms with Crippen LogP contribution in [0.1, 0.15) is 22.6 Å². The van der Waals surface area contributed by atoms with Crippen LogP contribution in [0.5, 0.6) is 11.5 Å². The summed E-state index contributed by atoms with van der Waals surface area (Å²) in [5, 5.41) is 0.767. The maximum absolute atomic E-state index is 12.9. The third-order valence-corrected chi connectivity index (χ3v) is 5.17. The molecule has 142 valence electrons. The third kappa shape index (κ3) is 2.90. The van der Waals surface area contributed by atoms with Crippen LogP contribution in [-0.2, 0) is 0 Å². The first-order chi connectivity index (χ1) is 14.3. The molecule has 0 N–H and O–H groups in total. The number of para-hydroxylation sites is 2. The van der Waals surface area contributed by atoms with E-state index in [0.29, 0.717) is 28.4 Å². The molecule has 1 unspecified atom stereocenters. The second-order valence-electron chi connectivity index (χ2n) is 6.85. The van der Waals surface area contributed by atoms with Gasteiger partial charge in [0.1, 0.15) is 22.8 Å². The van der Waals surface area contributed by atoms with Crippen molar-refractivity contribution in [2.45, 2.75) is 5.92 Å². The van der Waals surface area contributed by atoms with Crippen LogP contribution in [0.2, 0.25) is 0 Å². The molecule has 0 radical (unpaired) electrons. The molecule has 0 spiro atoms. The highest BCUT2D eigenvalue weighted by Gasteiger charge is 2.30. The van der Waals surface area contributed by atoms with Crippen LogP contribution in [0, 0.1) is 0 Å². The molecule has 0 fully saturated rings. The van der Waals surface area contributed by atoms with E-state index in [4.69, 9.17) is 13.9 Å². The Morgan fingerprint density at radius 3 is 2.41 bits per heavy atom. The van der Waals surface area contributed by atoms with E-state index in [0.717, 1.165) is 16.5 Å². The highest BCUT2D eigenvalue weighted by molar-refractivity contribution is 5.87. The first-order valence-corrected chi connectivity index (χ1v) is 9.40. The van der Waals surface area contributed by atoms with Crippen molar-refractivity contribution in [1.29, 1.82) is 0 Å². The lowest BCUT2D eigenvalue weighted by atomic mass is 9.88. The average Bonchev–Trinajstić information content (AvgIpc) is 2.79. The van der Waals surface area contributed by atoms with Crippen molar-refractivity contribution in [1.82, 2.24) is 0 Å². The van der Waals surface area contributed by atoms with Gasteiger partial charge in [0, 0.05) is 5.92 Å². The van der Waals surface area contributed by atoms with Crippen molar-refractivity contribution in [3.63, 3.8) is 0 Å². The lowest BCUT2D eigenvalue weighted by molar-refractivity contribution is 0.407. The molecule has 1 atom stereocenters. The van der Waals surface area contributed by atoms with Crippen molar-refractivity contribution in [2.75, 3.05) is 7.11 Å². The SMILES string of the molecule is COc1ccccc1C1=CC(c2ccccc2)c2c(c3ccccc3oc2=O)O1. The van der Waals surface area contributed by atoms with Gasteiger partial charge < -0.3 is 13.9 Å². The standard InChI is InChI=1S/C25H18O4/c1-27-20-13-7-5-11-17(20)22-15-19(16-9-3-2-4-10-16)23-24(28-22)18-12-6-8-14-21(18)29-25(23)26/h2-15,19H,1H3. The first kappa shape index (κ1) is 17.3. The number of hydrogen-bond acceptors (Lipinski definition) is 4. The molecule has 29 heavy (non-hydrogen) atoms. The zero-order chi connectivity index (χ0) is 19.8. The van der Waals surface area contributed by atoms with Crippen molar-refractivity contribution in [2.24, 2.45) is 0 Å². The van der Waals surface area contributed by atoms with Gasteiger partial charge in [-0.3, -0.25) is 0 Å². The van der Waals surface area contributed by atoms with E-state index >= 15 is 0 Å². The highest BCUT2D eigenvalue weighted by atomic mass is 16.5. The molecule has 5 rings (SSSR count). The van der Waals surface area contributed by atoms with Gasteiger partial charge in [0.15, 0.2) is 0 Å². The predicted molar refractivity (Wildman–Crippen MR) is 112 cm³/mol. The van der Waals surface area contributed by atoms with Crippen LogP contribution >= 0.6 is 0 Å². The number of methoxy groups -OCH3 is 1. The molecule has 4 aromatic rings. The van der Waals surface area contributed by atoms with E-state index in [9.17, 15) is 4.79 Å². The van der Waals surface area contributed by atoms with Gasteiger partial charge in [0.05, 0.1) is 23.6 Å². The Bertz CT molecular complexity index is 1290. The minimum absolute atomic E-state index is 0.291.